The molecule has 0 radical (unpaired) electrons. The number of pyridine rings is 1. The van der Waals surface area contributed by atoms with Crippen LogP contribution in [0, 0.1) is 0 Å². The van der Waals surface area contributed by atoms with E-state index in [4.69, 9.17) is 21.1 Å². The second kappa shape index (κ2) is 7.96. The zero-order chi connectivity index (χ0) is 16.9. The number of anilines is 1. The number of halogens is 2. The topological polar surface area (TPSA) is 60.5 Å². The first-order valence-corrected chi connectivity index (χ1v) is 8.76. The van der Waals surface area contributed by atoms with Crippen molar-refractivity contribution >= 4 is 39.1 Å². The Labute approximate surface area is 153 Å². The molecule has 1 aromatic carbocycles. The van der Waals surface area contributed by atoms with E-state index in [1.165, 1.54) is 6.20 Å². The maximum absolute atomic E-state index is 12.3. The molecule has 1 N–H and O–H groups in total. The molecule has 0 unspecified atom stereocenters. The summed E-state index contributed by atoms with van der Waals surface area (Å²) in [4.78, 5) is 16.5. The number of ether oxygens (including phenoxy) is 2. The lowest BCUT2D eigenvalue weighted by Crippen LogP contribution is -2.26. The van der Waals surface area contributed by atoms with E-state index in [0.717, 1.165) is 17.3 Å². The van der Waals surface area contributed by atoms with Crippen molar-refractivity contribution in [2.75, 3.05) is 18.5 Å². The second-order valence-corrected chi connectivity index (χ2v) is 6.73. The van der Waals surface area contributed by atoms with Crippen LogP contribution < -0.4 is 10.1 Å². The van der Waals surface area contributed by atoms with Crippen molar-refractivity contribution in [3.63, 3.8) is 0 Å². The van der Waals surface area contributed by atoms with E-state index in [-0.39, 0.29) is 12.0 Å². The number of aromatic nitrogens is 1. The van der Waals surface area contributed by atoms with Crippen LogP contribution in [0.1, 0.15) is 23.2 Å². The van der Waals surface area contributed by atoms with E-state index in [1.54, 1.807) is 12.1 Å². The molecule has 126 valence electrons. The Hall–Kier alpha value is -1.63. The van der Waals surface area contributed by atoms with Gasteiger partial charge < -0.3 is 14.8 Å². The molecule has 24 heavy (non-hydrogen) atoms. The Bertz CT molecular complexity index is 736. The van der Waals surface area contributed by atoms with Crippen LogP contribution in [0.4, 0.5) is 5.69 Å². The van der Waals surface area contributed by atoms with E-state index < -0.39 is 0 Å². The van der Waals surface area contributed by atoms with E-state index in [0.29, 0.717) is 35.4 Å². The largest absolute Gasteiger partial charge is 0.473 e. The lowest BCUT2D eigenvalue weighted by Gasteiger charge is -2.23. The monoisotopic (exact) mass is 410 g/mol. The predicted molar refractivity (Wildman–Crippen MR) is 95.8 cm³/mol. The third kappa shape index (κ3) is 4.47. The van der Waals surface area contributed by atoms with E-state index in [2.05, 4.69) is 26.2 Å². The molecule has 5 nitrogen and oxygen atoms in total. The van der Waals surface area contributed by atoms with Gasteiger partial charge in [-0.25, -0.2) is 4.98 Å². The molecule has 1 saturated heterocycles. The Kier molecular flexibility index (Phi) is 5.71. The van der Waals surface area contributed by atoms with Crippen LogP contribution in [-0.4, -0.2) is 30.2 Å². The zero-order valence-electron chi connectivity index (χ0n) is 12.8. The summed E-state index contributed by atoms with van der Waals surface area (Å²) >= 11 is 9.58. The average molecular weight is 412 g/mol. The van der Waals surface area contributed by atoms with Crippen LogP contribution in [0.25, 0.3) is 0 Å². The van der Waals surface area contributed by atoms with Gasteiger partial charge in [-0.1, -0.05) is 33.6 Å². The van der Waals surface area contributed by atoms with Gasteiger partial charge in [-0.3, -0.25) is 4.79 Å². The van der Waals surface area contributed by atoms with E-state index in [9.17, 15) is 4.79 Å². The predicted octanol–water partition coefficient (Wildman–Crippen LogP) is 4.31. The molecule has 0 saturated carbocycles. The number of nitrogens with one attached hydrogen (secondary N) is 1. The maximum atomic E-state index is 12.3. The summed E-state index contributed by atoms with van der Waals surface area (Å²) in [5.74, 6) is 0.0719. The number of nitrogens with zero attached hydrogens (tertiary/aromatic N) is 1. The third-order valence-electron chi connectivity index (χ3n) is 3.60. The second-order valence-electron chi connectivity index (χ2n) is 5.41. The molecule has 1 aromatic heterocycles. The van der Waals surface area contributed by atoms with Gasteiger partial charge >= 0.3 is 0 Å². The quantitative estimate of drug-likeness (QED) is 0.814. The van der Waals surface area contributed by atoms with Crippen molar-refractivity contribution < 1.29 is 14.3 Å². The maximum Gasteiger partial charge on any atom is 0.257 e. The molecule has 0 spiro atoms. The first kappa shape index (κ1) is 17.2. The summed E-state index contributed by atoms with van der Waals surface area (Å²) in [6.07, 6.45) is 3.13. The number of hydrogen-bond donors (Lipinski definition) is 1. The van der Waals surface area contributed by atoms with E-state index in [1.807, 2.05) is 18.2 Å². The van der Waals surface area contributed by atoms with Crippen molar-refractivity contribution in [2.24, 2.45) is 0 Å². The highest BCUT2D eigenvalue weighted by atomic mass is 79.9. The van der Waals surface area contributed by atoms with Crippen molar-refractivity contribution in [1.29, 1.82) is 0 Å². The molecule has 0 aliphatic carbocycles. The minimum absolute atomic E-state index is 0.0464. The Morgan fingerprint density at radius 1 is 1.33 bits per heavy atom. The number of amides is 1. The summed E-state index contributed by atoms with van der Waals surface area (Å²) in [5, 5.41) is 3.12. The van der Waals surface area contributed by atoms with Gasteiger partial charge in [0.1, 0.15) is 11.1 Å². The Balaban J connectivity index is 1.68. The van der Waals surface area contributed by atoms with Crippen LogP contribution in [0.15, 0.2) is 41.0 Å². The molecule has 1 amide bonds. The molecular weight excluding hydrogens is 396 g/mol. The SMILES string of the molecule is O=C(Nc1cccc(Br)c1)c1cnc(OC2CCOCC2)c(Cl)c1. The Morgan fingerprint density at radius 3 is 2.83 bits per heavy atom. The highest BCUT2D eigenvalue weighted by Crippen LogP contribution is 2.26. The molecule has 3 rings (SSSR count). The number of hydrogen-bond acceptors (Lipinski definition) is 4. The number of rotatable bonds is 4. The van der Waals surface area contributed by atoms with Crippen molar-refractivity contribution in [3.05, 3.63) is 51.6 Å². The number of benzene rings is 1. The molecule has 7 heteroatoms. The van der Waals surface area contributed by atoms with Crippen LogP contribution in [-0.2, 0) is 4.74 Å². The van der Waals surface area contributed by atoms with Gasteiger partial charge in [0.05, 0.1) is 18.8 Å². The minimum Gasteiger partial charge on any atom is -0.473 e. The van der Waals surface area contributed by atoms with Crippen LogP contribution >= 0.6 is 27.5 Å². The lowest BCUT2D eigenvalue weighted by molar-refractivity contribution is 0.0238. The highest BCUT2D eigenvalue weighted by molar-refractivity contribution is 9.10. The summed E-state index contributed by atoms with van der Waals surface area (Å²) in [5.41, 5.74) is 1.06. The summed E-state index contributed by atoms with van der Waals surface area (Å²) in [6.45, 7) is 1.35. The molecule has 2 aromatic rings. The first-order valence-electron chi connectivity index (χ1n) is 7.58. The molecule has 1 aliphatic heterocycles. The van der Waals surface area contributed by atoms with Crippen molar-refractivity contribution in [3.8, 4) is 5.88 Å². The molecule has 1 aliphatic rings. The van der Waals surface area contributed by atoms with Crippen LogP contribution in [0.5, 0.6) is 5.88 Å². The molecule has 0 bridgehead atoms. The third-order valence-corrected chi connectivity index (χ3v) is 4.36. The van der Waals surface area contributed by atoms with Crippen LogP contribution in [0.2, 0.25) is 5.02 Å². The van der Waals surface area contributed by atoms with Gasteiger partial charge in [0.15, 0.2) is 0 Å². The lowest BCUT2D eigenvalue weighted by atomic mass is 10.1. The van der Waals surface area contributed by atoms with Crippen molar-refractivity contribution in [2.45, 2.75) is 18.9 Å². The van der Waals surface area contributed by atoms with Crippen LogP contribution in [0.3, 0.4) is 0 Å². The zero-order valence-corrected chi connectivity index (χ0v) is 15.1. The molecular formula is C17H16BrClN2O3. The van der Waals surface area contributed by atoms with Gasteiger partial charge in [-0.05, 0) is 24.3 Å². The standard InChI is InChI=1S/C17H16BrClN2O3/c18-12-2-1-3-13(9-12)21-16(22)11-8-15(19)17(20-10-11)24-14-4-6-23-7-5-14/h1-3,8-10,14H,4-7H2,(H,21,22). The van der Waals surface area contributed by atoms with Gasteiger partial charge in [-0.15, -0.1) is 0 Å². The van der Waals surface area contributed by atoms with Gasteiger partial charge in [0.2, 0.25) is 5.88 Å². The molecule has 2 heterocycles. The van der Waals surface area contributed by atoms with Crippen molar-refractivity contribution in [1.82, 2.24) is 4.98 Å². The fourth-order valence-electron chi connectivity index (χ4n) is 2.36. The van der Waals surface area contributed by atoms with Gasteiger partial charge in [0.25, 0.3) is 5.91 Å². The fraction of sp³-hybridized carbons (Fsp3) is 0.294. The number of carbonyl (C=O) groups is 1. The average Bonchev–Trinajstić information content (AvgIpc) is 2.57. The molecule has 0 atom stereocenters. The summed E-state index contributed by atoms with van der Waals surface area (Å²) in [7, 11) is 0. The smallest absolute Gasteiger partial charge is 0.257 e. The highest BCUT2D eigenvalue weighted by Gasteiger charge is 2.18. The fourth-order valence-corrected chi connectivity index (χ4v) is 2.97. The first-order chi connectivity index (χ1) is 11.6. The van der Waals surface area contributed by atoms with E-state index >= 15 is 0 Å². The molecule has 1 fully saturated rings. The number of carbonyl (C=O) groups excluding carboxylic acids is 1. The summed E-state index contributed by atoms with van der Waals surface area (Å²) in [6, 6.07) is 8.92. The normalized spacial score (nSPS) is 15.1. The summed E-state index contributed by atoms with van der Waals surface area (Å²) < 4.78 is 12.0. The van der Waals surface area contributed by atoms with Gasteiger partial charge in [-0.2, -0.15) is 0 Å². The Morgan fingerprint density at radius 2 is 2.12 bits per heavy atom. The minimum atomic E-state index is -0.278. The van der Waals surface area contributed by atoms with Gasteiger partial charge in [0, 0.05) is 29.2 Å².